The number of benzene rings is 1. The molecule has 1 aromatic rings. The molecule has 1 aromatic carbocycles. The molecule has 1 heterocycles. The first kappa shape index (κ1) is 18.5. The van der Waals surface area contributed by atoms with Crippen LogP contribution in [0.2, 0.25) is 0 Å². The Morgan fingerprint density at radius 3 is 2.33 bits per heavy atom. The molecule has 0 radical (unpaired) electrons. The first-order valence-corrected chi connectivity index (χ1v) is 8.58. The van der Waals surface area contributed by atoms with Gasteiger partial charge in [0.25, 0.3) is 0 Å². The van der Waals surface area contributed by atoms with E-state index in [2.05, 4.69) is 53.5 Å². The fourth-order valence-electron chi connectivity index (χ4n) is 3.06. The van der Waals surface area contributed by atoms with Crippen LogP contribution < -0.4 is 5.43 Å². The zero-order chi connectivity index (χ0) is 17.7. The van der Waals surface area contributed by atoms with Gasteiger partial charge in [0.2, 0.25) is 0 Å². The molecule has 0 aromatic heterocycles. The molecule has 132 valence electrons. The number of nitrogens with zero attached hydrogens (tertiary/aromatic N) is 2. The lowest BCUT2D eigenvalue weighted by atomic mass is 9.95. The quantitative estimate of drug-likeness (QED) is 0.854. The van der Waals surface area contributed by atoms with Crippen molar-refractivity contribution in [1.82, 2.24) is 10.3 Å². The molecule has 1 aliphatic heterocycles. The summed E-state index contributed by atoms with van der Waals surface area (Å²) >= 11 is 0. The third kappa shape index (κ3) is 5.64. The van der Waals surface area contributed by atoms with Gasteiger partial charge in [-0.25, -0.2) is 10.2 Å². The van der Waals surface area contributed by atoms with E-state index < -0.39 is 11.7 Å². The smallest absolute Gasteiger partial charge is 0.428 e. The third-order valence-electron chi connectivity index (χ3n) is 4.11. The zero-order valence-corrected chi connectivity index (χ0v) is 15.4. The Kier molecular flexibility index (Phi) is 5.99. The number of hydrazone groups is 1. The van der Waals surface area contributed by atoms with Gasteiger partial charge in [-0.1, -0.05) is 30.3 Å². The highest BCUT2D eigenvalue weighted by Gasteiger charge is 2.28. The Hall–Kier alpha value is -1.88. The van der Waals surface area contributed by atoms with Gasteiger partial charge in [0.05, 0.1) is 0 Å². The molecule has 0 bridgehead atoms. The van der Waals surface area contributed by atoms with Crippen LogP contribution >= 0.6 is 0 Å². The number of piperidine rings is 1. The van der Waals surface area contributed by atoms with E-state index in [1.54, 1.807) is 0 Å². The summed E-state index contributed by atoms with van der Waals surface area (Å²) in [6.07, 6.45) is 1.21. The minimum absolute atomic E-state index is 0.383. The molecule has 5 heteroatoms. The first-order chi connectivity index (χ1) is 11.2. The summed E-state index contributed by atoms with van der Waals surface area (Å²) in [6.45, 7) is 10.9. The molecule has 0 aliphatic carbocycles. The van der Waals surface area contributed by atoms with Crippen LogP contribution in [0.4, 0.5) is 4.79 Å². The summed E-state index contributed by atoms with van der Waals surface area (Å²) in [5, 5.41) is 4.28. The Labute approximate surface area is 145 Å². The van der Waals surface area contributed by atoms with E-state index >= 15 is 0 Å². The molecule has 2 atom stereocenters. The van der Waals surface area contributed by atoms with Crippen molar-refractivity contribution in [3.05, 3.63) is 35.9 Å². The maximum Gasteiger partial charge on any atom is 0.428 e. The summed E-state index contributed by atoms with van der Waals surface area (Å²) in [4.78, 5) is 14.2. The summed E-state index contributed by atoms with van der Waals surface area (Å²) < 4.78 is 5.22. The van der Waals surface area contributed by atoms with Gasteiger partial charge in [-0.2, -0.15) is 5.10 Å². The minimum Gasteiger partial charge on any atom is -0.443 e. The molecule has 1 fully saturated rings. The van der Waals surface area contributed by atoms with Gasteiger partial charge in [-0.05, 0) is 40.2 Å². The van der Waals surface area contributed by atoms with Crippen LogP contribution in [0, 0.1) is 0 Å². The van der Waals surface area contributed by atoms with Crippen molar-refractivity contribution in [3.8, 4) is 0 Å². The standard InChI is InChI=1S/C19H29N3O2/c1-14-11-17(20-21-18(23)24-19(3,4)5)12-15(2)22(14)13-16-9-7-6-8-10-16/h6-10,14-15H,11-13H2,1-5H3,(H,21,23)/t14-,15+. The lowest BCUT2D eigenvalue weighted by Crippen LogP contribution is -2.46. The van der Waals surface area contributed by atoms with Crippen molar-refractivity contribution in [2.45, 2.75) is 71.7 Å². The summed E-state index contributed by atoms with van der Waals surface area (Å²) in [6, 6.07) is 11.3. The van der Waals surface area contributed by atoms with E-state index in [1.165, 1.54) is 5.56 Å². The molecule has 1 aliphatic rings. The number of hydrogen-bond donors (Lipinski definition) is 1. The van der Waals surface area contributed by atoms with Gasteiger partial charge in [-0.15, -0.1) is 0 Å². The van der Waals surface area contributed by atoms with Crippen molar-refractivity contribution in [2.75, 3.05) is 0 Å². The summed E-state index contributed by atoms with van der Waals surface area (Å²) in [7, 11) is 0. The number of nitrogens with one attached hydrogen (secondary N) is 1. The molecule has 1 amide bonds. The van der Waals surface area contributed by atoms with E-state index in [4.69, 9.17) is 4.74 Å². The van der Waals surface area contributed by atoms with Gasteiger partial charge in [0.1, 0.15) is 5.60 Å². The Morgan fingerprint density at radius 1 is 1.21 bits per heavy atom. The summed E-state index contributed by atoms with van der Waals surface area (Å²) in [5.74, 6) is 0. The van der Waals surface area contributed by atoms with Gasteiger partial charge >= 0.3 is 6.09 Å². The van der Waals surface area contributed by atoms with Crippen molar-refractivity contribution >= 4 is 11.8 Å². The third-order valence-corrected chi connectivity index (χ3v) is 4.11. The number of amides is 1. The Bertz CT molecular complexity index is 564. The van der Waals surface area contributed by atoms with Crippen LogP contribution in [0.1, 0.15) is 53.0 Å². The Morgan fingerprint density at radius 2 is 1.79 bits per heavy atom. The molecule has 5 nitrogen and oxygen atoms in total. The molecule has 24 heavy (non-hydrogen) atoms. The molecule has 1 N–H and O–H groups in total. The van der Waals surface area contributed by atoms with Gasteiger partial charge in [0, 0.05) is 37.2 Å². The van der Waals surface area contributed by atoms with Crippen LogP contribution in [0.25, 0.3) is 0 Å². The first-order valence-electron chi connectivity index (χ1n) is 8.58. The van der Waals surface area contributed by atoms with Crippen LogP contribution in [0.15, 0.2) is 35.4 Å². The number of hydrogen-bond acceptors (Lipinski definition) is 4. The highest BCUT2D eigenvalue weighted by molar-refractivity contribution is 5.87. The molecule has 0 spiro atoms. The van der Waals surface area contributed by atoms with Crippen molar-refractivity contribution in [3.63, 3.8) is 0 Å². The van der Waals surface area contributed by atoms with Crippen LogP contribution in [-0.2, 0) is 11.3 Å². The van der Waals surface area contributed by atoms with Crippen molar-refractivity contribution in [1.29, 1.82) is 0 Å². The van der Waals surface area contributed by atoms with Crippen molar-refractivity contribution in [2.24, 2.45) is 5.10 Å². The molecular formula is C19H29N3O2. The largest absolute Gasteiger partial charge is 0.443 e. The van der Waals surface area contributed by atoms with Crippen LogP contribution in [0.3, 0.4) is 0 Å². The van der Waals surface area contributed by atoms with E-state index in [0.717, 1.165) is 25.1 Å². The van der Waals surface area contributed by atoms with Crippen LogP contribution in [0.5, 0.6) is 0 Å². The average molecular weight is 331 g/mol. The molecule has 2 rings (SSSR count). The van der Waals surface area contributed by atoms with Gasteiger partial charge < -0.3 is 4.74 Å². The lowest BCUT2D eigenvalue weighted by molar-refractivity contribution is 0.0527. The van der Waals surface area contributed by atoms with E-state index in [1.807, 2.05) is 26.8 Å². The maximum atomic E-state index is 11.7. The van der Waals surface area contributed by atoms with E-state index in [-0.39, 0.29) is 0 Å². The van der Waals surface area contributed by atoms with Crippen LogP contribution in [-0.4, -0.2) is 34.4 Å². The molecular weight excluding hydrogens is 302 g/mol. The number of carbonyl (C=O) groups is 1. The second-order valence-corrected chi connectivity index (χ2v) is 7.56. The van der Waals surface area contributed by atoms with E-state index in [0.29, 0.717) is 12.1 Å². The molecule has 0 unspecified atom stereocenters. The molecule has 0 saturated carbocycles. The minimum atomic E-state index is -0.510. The number of likely N-dealkylation sites (tertiary alicyclic amines) is 1. The predicted octanol–water partition coefficient (Wildman–Crippen LogP) is 3.94. The fourth-order valence-corrected chi connectivity index (χ4v) is 3.06. The maximum absolute atomic E-state index is 11.7. The number of rotatable bonds is 3. The zero-order valence-electron chi connectivity index (χ0n) is 15.4. The van der Waals surface area contributed by atoms with E-state index in [9.17, 15) is 4.79 Å². The normalized spacial score (nSPS) is 24.0. The number of carbonyl (C=O) groups excluding carboxylic acids is 1. The highest BCUT2D eigenvalue weighted by atomic mass is 16.6. The second-order valence-electron chi connectivity index (χ2n) is 7.56. The number of ether oxygens (including phenoxy) is 1. The fraction of sp³-hybridized carbons (Fsp3) is 0.579. The molecule has 1 saturated heterocycles. The SMILES string of the molecule is C[C@@H]1CC(=NNC(=O)OC(C)(C)C)C[C@H](C)N1Cc1ccccc1. The topological polar surface area (TPSA) is 53.9 Å². The predicted molar refractivity (Wildman–Crippen MR) is 96.9 cm³/mol. The highest BCUT2D eigenvalue weighted by Crippen LogP contribution is 2.23. The summed E-state index contributed by atoms with van der Waals surface area (Å²) in [5.41, 5.74) is 4.35. The van der Waals surface area contributed by atoms with Crippen molar-refractivity contribution < 1.29 is 9.53 Å². The Balaban J connectivity index is 1.92. The monoisotopic (exact) mass is 331 g/mol. The van der Waals surface area contributed by atoms with Gasteiger partial charge in [0.15, 0.2) is 0 Å². The second kappa shape index (κ2) is 7.79. The lowest BCUT2D eigenvalue weighted by Gasteiger charge is -2.39. The average Bonchev–Trinajstić information content (AvgIpc) is 2.48. The van der Waals surface area contributed by atoms with Gasteiger partial charge in [-0.3, -0.25) is 4.90 Å².